The number of hydrogen-bond donors (Lipinski definition) is 2. The molecular weight excluding hydrogens is 330 g/mol. The van der Waals surface area contributed by atoms with Crippen LogP contribution in [0.3, 0.4) is 0 Å². The van der Waals surface area contributed by atoms with E-state index in [9.17, 15) is 4.79 Å². The zero-order valence-electron chi connectivity index (χ0n) is 15.6. The highest BCUT2D eigenvalue weighted by Gasteiger charge is 2.36. The van der Waals surface area contributed by atoms with Gasteiger partial charge >= 0.3 is 0 Å². The van der Waals surface area contributed by atoms with E-state index >= 15 is 0 Å². The molecule has 1 aromatic carbocycles. The Morgan fingerprint density at radius 2 is 2.08 bits per heavy atom. The molecule has 2 aromatic rings. The summed E-state index contributed by atoms with van der Waals surface area (Å²) in [6, 6.07) is 9.41. The number of carbonyl (C=O) groups excluding carboxylic acids is 1. The minimum Gasteiger partial charge on any atom is -0.374 e. The predicted molar refractivity (Wildman–Crippen MR) is 99.4 cm³/mol. The van der Waals surface area contributed by atoms with Crippen molar-refractivity contribution in [2.45, 2.75) is 32.4 Å². The molecule has 0 aliphatic carbocycles. The Kier molecular flexibility index (Phi) is 5.82. The van der Waals surface area contributed by atoms with Crippen molar-refractivity contribution in [3.63, 3.8) is 0 Å². The first-order valence-corrected chi connectivity index (χ1v) is 9.08. The van der Waals surface area contributed by atoms with Crippen molar-refractivity contribution in [3.05, 3.63) is 36.2 Å². The molecule has 1 aliphatic heterocycles. The maximum atomic E-state index is 13.4. The number of benzene rings is 1. The number of amides is 1. The van der Waals surface area contributed by atoms with Gasteiger partial charge in [-0.05, 0) is 31.5 Å². The molecule has 0 bridgehead atoms. The third kappa shape index (κ3) is 4.37. The SMILES string of the molecule is CC(C)CC(Nc1ccccc1)C(=O)N1CCN(C)CC1c1nn[nH]n1. The van der Waals surface area contributed by atoms with Crippen LogP contribution in [0, 0.1) is 5.92 Å². The summed E-state index contributed by atoms with van der Waals surface area (Å²) in [5.41, 5.74) is 0.955. The Morgan fingerprint density at radius 3 is 2.73 bits per heavy atom. The van der Waals surface area contributed by atoms with Gasteiger partial charge in [0, 0.05) is 25.3 Å². The van der Waals surface area contributed by atoms with Crippen molar-refractivity contribution in [2.75, 3.05) is 32.0 Å². The summed E-state index contributed by atoms with van der Waals surface area (Å²) in [4.78, 5) is 17.5. The van der Waals surface area contributed by atoms with E-state index in [1.165, 1.54) is 0 Å². The molecule has 2 atom stereocenters. The molecule has 26 heavy (non-hydrogen) atoms. The Balaban J connectivity index is 1.81. The zero-order chi connectivity index (χ0) is 18.5. The van der Waals surface area contributed by atoms with Gasteiger partial charge in [0.15, 0.2) is 5.82 Å². The van der Waals surface area contributed by atoms with Gasteiger partial charge in [-0.25, -0.2) is 0 Å². The third-order valence-corrected chi connectivity index (χ3v) is 4.65. The van der Waals surface area contributed by atoms with Crippen LogP contribution < -0.4 is 5.32 Å². The van der Waals surface area contributed by atoms with Gasteiger partial charge < -0.3 is 15.1 Å². The number of aromatic nitrogens is 4. The van der Waals surface area contributed by atoms with Gasteiger partial charge in [-0.1, -0.05) is 37.3 Å². The Labute approximate surface area is 154 Å². The average molecular weight is 357 g/mol. The Morgan fingerprint density at radius 1 is 1.31 bits per heavy atom. The summed E-state index contributed by atoms with van der Waals surface area (Å²) in [7, 11) is 2.04. The summed E-state index contributed by atoms with van der Waals surface area (Å²) in [6.45, 7) is 6.45. The van der Waals surface area contributed by atoms with Crippen LogP contribution in [0.25, 0.3) is 0 Å². The van der Waals surface area contributed by atoms with Gasteiger partial charge in [-0.2, -0.15) is 5.21 Å². The molecule has 140 valence electrons. The van der Waals surface area contributed by atoms with Gasteiger partial charge in [-0.15, -0.1) is 10.2 Å². The Bertz CT molecular complexity index is 689. The van der Waals surface area contributed by atoms with Crippen LogP contribution in [0.2, 0.25) is 0 Å². The minimum atomic E-state index is -0.282. The van der Waals surface area contributed by atoms with E-state index in [1.807, 2.05) is 42.3 Å². The number of aromatic amines is 1. The van der Waals surface area contributed by atoms with Gasteiger partial charge in [0.1, 0.15) is 12.1 Å². The van der Waals surface area contributed by atoms with Gasteiger partial charge in [0.2, 0.25) is 5.91 Å². The molecule has 8 heteroatoms. The first kappa shape index (κ1) is 18.3. The number of H-pyrrole nitrogens is 1. The second kappa shape index (κ2) is 8.27. The first-order valence-electron chi connectivity index (χ1n) is 9.08. The van der Waals surface area contributed by atoms with Crippen molar-refractivity contribution in [3.8, 4) is 0 Å². The van der Waals surface area contributed by atoms with Crippen molar-refractivity contribution in [1.82, 2.24) is 30.4 Å². The first-order chi connectivity index (χ1) is 12.5. The fraction of sp³-hybridized carbons (Fsp3) is 0.556. The van der Waals surface area contributed by atoms with Crippen LogP contribution in [0.5, 0.6) is 0 Å². The molecule has 1 fully saturated rings. The molecule has 0 spiro atoms. The molecule has 8 nitrogen and oxygen atoms in total. The van der Waals surface area contributed by atoms with Crippen LogP contribution in [0.15, 0.2) is 30.3 Å². The third-order valence-electron chi connectivity index (χ3n) is 4.65. The number of hydrogen-bond acceptors (Lipinski definition) is 6. The van der Waals surface area contributed by atoms with Gasteiger partial charge in [0.05, 0.1) is 0 Å². The predicted octanol–water partition coefficient (Wildman–Crippen LogP) is 1.54. The average Bonchev–Trinajstić information content (AvgIpc) is 3.15. The fourth-order valence-electron chi connectivity index (χ4n) is 3.34. The molecular formula is C18H27N7O. The number of piperazine rings is 1. The molecule has 3 rings (SSSR count). The molecule has 2 heterocycles. The van der Waals surface area contributed by atoms with Crippen LogP contribution in [0.1, 0.15) is 32.1 Å². The summed E-state index contributed by atoms with van der Waals surface area (Å²) in [6.07, 6.45) is 0.763. The van der Waals surface area contributed by atoms with E-state index in [2.05, 4.69) is 44.7 Å². The van der Waals surface area contributed by atoms with E-state index in [0.29, 0.717) is 24.8 Å². The lowest BCUT2D eigenvalue weighted by Gasteiger charge is -2.40. The molecule has 1 aliphatic rings. The number of para-hydroxylation sites is 1. The lowest BCUT2D eigenvalue weighted by Crippen LogP contribution is -2.53. The Hall–Kier alpha value is -2.48. The van der Waals surface area contributed by atoms with E-state index in [-0.39, 0.29) is 18.0 Å². The number of rotatable bonds is 6. The number of likely N-dealkylation sites (N-methyl/N-ethyl adjacent to an activating group) is 1. The second-order valence-electron chi connectivity index (χ2n) is 7.27. The highest BCUT2D eigenvalue weighted by atomic mass is 16.2. The van der Waals surface area contributed by atoms with E-state index < -0.39 is 0 Å². The molecule has 2 N–H and O–H groups in total. The highest BCUT2D eigenvalue weighted by molar-refractivity contribution is 5.85. The van der Waals surface area contributed by atoms with E-state index in [0.717, 1.165) is 18.7 Å². The molecule has 1 amide bonds. The van der Waals surface area contributed by atoms with Crippen molar-refractivity contribution in [1.29, 1.82) is 0 Å². The van der Waals surface area contributed by atoms with Gasteiger partial charge in [-0.3, -0.25) is 4.79 Å². The van der Waals surface area contributed by atoms with E-state index in [4.69, 9.17) is 0 Å². The number of tetrazole rings is 1. The monoisotopic (exact) mass is 357 g/mol. The number of carbonyl (C=O) groups is 1. The van der Waals surface area contributed by atoms with Crippen LogP contribution in [-0.2, 0) is 4.79 Å². The maximum Gasteiger partial charge on any atom is 0.245 e. The van der Waals surface area contributed by atoms with Gasteiger partial charge in [0.25, 0.3) is 0 Å². The summed E-state index contributed by atoms with van der Waals surface area (Å²) >= 11 is 0. The summed E-state index contributed by atoms with van der Waals surface area (Å²) in [5, 5.41) is 17.8. The molecule has 0 saturated carbocycles. The van der Waals surface area contributed by atoms with Crippen molar-refractivity contribution >= 4 is 11.6 Å². The number of anilines is 1. The van der Waals surface area contributed by atoms with Crippen molar-refractivity contribution < 1.29 is 4.79 Å². The van der Waals surface area contributed by atoms with Crippen LogP contribution in [0.4, 0.5) is 5.69 Å². The fourth-order valence-corrected chi connectivity index (χ4v) is 3.34. The largest absolute Gasteiger partial charge is 0.374 e. The van der Waals surface area contributed by atoms with Crippen LogP contribution in [-0.4, -0.2) is 69.1 Å². The maximum absolute atomic E-state index is 13.4. The summed E-state index contributed by atoms with van der Waals surface area (Å²) < 4.78 is 0. The molecule has 0 radical (unpaired) electrons. The lowest BCUT2D eigenvalue weighted by molar-refractivity contribution is -0.137. The highest BCUT2D eigenvalue weighted by Crippen LogP contribution is 2.24. The number of nitrogens with one attached hydrogen (secondary N) is 2. The standard InChI is InChI=1S/C18H27N7O/c1-13(2)11-15(19-14-7-5-4-6-8-14)18(26)25-10-9-24(3)12-16(25)17-20-22-23-21-17/h4-8,13,15-16,19H,9-12H2,1-3H3,(H,20,21,22,23). The zero-order valence-corrected chi connectivity index (χ0v) is 15.6. The normalized spacial score (nSPS) is 19.5. The second-order valence-corrected chi connectivity index (χ2v) is 7.27. The molecule has 1 aromatic heterocycles. The molecule has 2 unspecified atom stereocenters. The quantitative estimate of drug-likeness (QED) is 0.815. The minimum absolute atomic E-state index is 0.0884. The topological polar surface area (TPSA) is 90.0 Å². The lowest BCUT2D eigenvalue weighted by atomic mass is 10.0. The number of nitrogens with zero attached hydrogens (tertiary/aromatic N) is 5. The van der Waals surface area contributed by atoms with Crippen molar-refractivity contribution in [2.24, 2.45) is 5.92 Å². The summed E-state index contributed by atoms with van der Waals surface area (Å²) in [5.74, 6) is 1.05. The van der Waals surface area contributed by atoms with E-state index in [1.54, 1.807) is 0 Å². The molecule has 1 saturated heterocycles. The van der Waals surface area contributed by atoms with Crippen LogP contribution >= 0.6 is 0 Å². The smallest absolute Gasteiger partial charge is 0.245 e.